The molecular weight excluding hydrogens is 391 g/mol. The highest BCUT2D eigenvalue weighted by Gasteiger charge is 2.09. The maximum atomic E-state index is 12.1. The molecule has 0 saturated carbocycles. The molecule has 4 nitrogen and oxygen atoms in total. The lowest BCUT2D eigenvalue weighted by Gasteiger charge is -2.08. The Bertz CT molecular complexity index is 676. The van der Waals surface area contributed by atoms with Crippen LogP contribution in [0.1, 0.15) is 21.5 Å². The van der Waals surface area contributed by atoms with E-state index in [1.165, 1.54) is 0 Å². The van der Waals surface area contributed by atoms with Gasteiger partial charge in [0.1, 0.15) is 0 Å². The number of benzene rings is 2. The third kappa shape index (κ3) is 4.84. The molecule has 114 valence electrons. The summed E-state index contributed by atoms with van der Waals surface area (Å²) >= 11 is 2.20. The van der Waals surface area contributed by atoms with Crippen molar-refractivity contribution in [2.45, 2.75) is 13.8 Å². The Morgan fingerprint density at radius 3 is 2.18 bits per heavy atom. The fraction of sp³-hybridized carbons (Fsp3) is 0.176. The summed E-state index contributed by atoms with van der Waals surface area (Å²) in [4.78, 5) is 23.9. The van der Waals surface area contributed by atoms with E-state index in [2.05, 4.69) is 33.2 Å². The van der Waals surface area contributed by atoms with Crippen LogP contribution in [0.5, 0.6) is 0 Å². The number of rotatable bonds is 4. The van der Waals surface area contributed by atoms with Crippen LogP contribution >= 0.6 is 22.6 Å². The number of hydrogen-bond donors (Lipinski definition) is 2. The number of nitrogens with one attached hydrogen (secondary N) is 2. The van der Waals surface area contributed by atoms with Crippen molar-refractivity contribution in [1.29, 1.82) is 0 Å². The Kier molecular flexibility index (Phi) is 5.54. The minimum Gasteiger partial charge on any atom is -0.343 e. The highest BCUT2D eigenvalue weighted by molar-refractivity contribution is 14.1. The molecule has 0 fully saturated rings. The summed E-state index contributed by atoms with van der Waals surface area (Å²) in [5.41, 5.74) is 3.33. The number of carbonyl (C=O) groups is 2. The standard InChI is InChI=1S/C17H17IN2O2/c1-11-7-12(2)9-13(8-11)17(22)19-10-16(21)20-15-5-3-14(18)4-6-15/h3-9H,10H2,1-2H3,(H,19,22)(H,20,21). The van der Waals surface area contributed by atoms with E-state index in [1.54, 1.807) is 12.1 Å². The van der Waals surface area contributed by atoms with Gasteiger partial charge in [-0.15, -0.1) is 0 Å². The fourth-order valence-corrected chi connectivity index (χ4v) is 2.47. The molecule has 0 bridgehead atoms. The first-order chi connectivity index (χ1) is 10.4. The molecule has 0 atom stereocenters. The predicted octanol–water partition coefficient (Wildman–Crippen LogP) is 3.28. The zero-order valence-corrected chi connectivity index (χ0v) is 14.6. The minimum atomic E-state index is -0.251. The van der Waals surface area contributed by atoms with E-state index in [0.717, 1.165) is 14.7 Å². The lowest BCUT2D eigenvalue weighted by molar-refractivity contribution is -0.115. The molecule has 0 aliphatic heterocycles. The van der Waals surface area contributed by atoms with Crippen molar-refractivity contribution in [3.63, 3.8) is 0 Å². The van der Waals surface area contributed by atoms with Crippen LogP contribution < -0.4 is 10.6 Å². The molecule has 2 aromatic carbocycles. The van der Waals surface area contributed by atoms with Crippen LogP contribution in [0.2, 0.25) is 0 Å². The monoisotopic (exact) mass is 408 g/mol. The molecule has 0 aromatic heterocycles. The quantitative estimate of drug-likeness (QED) is 0.764. The van der Waals surface area contributed by atoms with Crippen LogP contribution in [0, 0.1) is 17.4 Å². The van der Waals surface area contributed by atoms with Gasteiger partial charge in [-0.1, -0.05) is 17.2 Å². The number of hydrogen-bond acceptors (Lipinski definition) is 2. The number of halogens is 1. The Labute approximate surface area is 143 Å². The second-order valence-electron chi connectivity index (χ2n) is 5.11. The topological polar surface area (TPSA) is 58.2 Å². The molecule has 0 heterocycles. The number of aryl methyl sites for hydroxylation is 2. The molecule has 0 radical (unpaired) electrons. The second kappa shape index (κ2) is 7.40. The van der Waals surface area contributed by atoms with E-state index < -0.39 is 0 Å². The minimum absolute atomic E-state index is 0.0577. The van der Waals surface area contributed by atoms with Crippen LogP contribution in [0.25, 0.3) is 0 Å². The van der Waals surface area contributed by atoms with Crippen molar-refractivity contribution < 1.29 is 9.59 Å². The van der Waals surface area contributed by atoms with Gasteiger partial charge in [-0.3, -0.25) is 9.59 Å². The summed E-state index contributed by atoms with van der Waals surface area (Å²) in [5.74, 6) is -0.497. The highest BCUT2D eigenvalue weighted by atomic mass is 127. The molecule has 2 rings (SSSR count). The van der Waals surface area contributed by atoms with Gasteiger partial charge < -0.3 is 10.6 Å². The summed E-state index contributed by atoms with van der Waals surface area (Å²) < 4.78 is 1.10. The fourth-order valence-electron chi connectivity index (χ4n) is 2.11. The molecule has 2 N–H and O–H groups in total. The molecule has 0 spiro atoms. The third-order valence-corrected chi connectivity index (χ3v) is 3.74. The molecule has 0 aliphatic rings. The molecule has 0 unspecified atom stereocenters. The zero-order chi connectivity index (χ0) is 16.1. The van der Waals surface area contributed by atoms with E-state index in [9.17, 15) is 9.59 Å². The molecular formula is C17H17IN2O2. The number of anilines is 1. The average molecular weight is 408 g/mol. The Morgan fingerprint density at radius 2 is 1.59 bits per heavy atom. The summed E-state index contributed by atoms with van der Waals surface area (Å²) in [6.45, 7) is 3.82. The zero-order valence-electron chi connectivity index (χ0n) is 12.4. The van der Waals surface area contributed by atoms with Gasteiger partial charge in [-0.25, -0.2) is 0 Å². The summed E-state index contributed by atoms with van der Waals surface area (Å²) in [6.07, 6.45) is 0. The summed E-state index contributed by atoms with van der Waals surface area (Å²) in [5, 5.41) is 5.37. The maximum Gasteiger partial charge on any atom is 0.251 e. The van der Waals surface area contributed by atoms with Gasteiger partial charge >= 0.3 is 0 Å². The van der Waals surface area contributed by atoms with Crippen molar-refractivity contribution in [3.05, 3.63) is 62.7 Å². The van der Waals surface area contributed by atoms with Crippen LogP contribution in [-0.4, -0.2) is 18.4 Å². The maximum absolute atomic E-state index is 12.1. The molecule has 5 heteroatoms. The van der Waals surface area contributed by atoms with Crippen molar-refractivity contribution in [2.75, 3.05) is 11.9 Å². The van der Waals surface area contributed by atoms with Crippen molar-refractivity contribution in [1.82, 2.24) is 5.32 Å². The average Bonchev–Trinajstić information content (AvgIpc) is 2.46. The lowest BCUT2D eigenvalue weighted by atomic mass is 10.1. The number of amides is 2. The summed E-state index contributed by atoms with van der Waals surface area (Å²) in [6, 6.07) is 13.1. The van der Waals surface area contributed by atoms with Crippen LogP contribution in [-0.2, 0) is 4.79 Å². The largest absolute Gasteiger partial charge is 0.343 e. The van der Waals surface area contributed by atoms with Gasteiger partial charge in [0.2, 0.25) is 5.91 Å². The van der Waals surface area contributed by atoms with Gasteiger partial charge in [-0.05, 0) is 72.8 Å². The Hall–Kier alpha value is -1.89. The first-order valence-corrected chi connectivity index (χ1v) is 7.94. The van der Waals surface area contributed by atoms with E-state index in [-0.39, 0.29) is 18.4 Å². The predicted molar refractivity (Wildman–Crippen MR) is 96.0 cm³/mol. The molecule has 0 aliphatic carbocycles. The highest BCUT2D eigenvalue weighted by Crippen LogP contribution is 2.11. The summed E-state index contributed by atoms with van der Waals surface area (Å²) in [7, 11) is 0. The number of carbonyl (C=O) groups excluding carboxylic acids is 2. The van der Waals surface area contributed by atoms with Gasteiger partial charge in [0, 0.05) is 14.8 Å². The molecule has 22 heavy (non-hydrogen) atoms. The van der Waals surface area contributed by atoms with Crippen molar-refractivity contribution in [2.24, 2.45) is 0 Å². The second-order valence-corrected chi connectivity index (χ2v) is 6.36. The third-order valence-electron chi connectivity index (χ3n) is 3.02. The van der Waals surface area contributed by atoms with E-state index in [4.69, 9.17) is 0 Å². The first-order valence-electron chi connectivity index (χ1n) is 6.86. The first kappa shape index (κ1) is 16.5. The molecule has 0 saturated heterocycles. The van der Waals surface area contributed by atoms with E-state index in [0.29, 0.717) is 11.3 Å². The van der Waals surface area contributed by atoms with Gasteiger partial charge in [-0.2, -0.15) is 0 Å². The van der Waals surface area contributed by atoms with Crippen molar-refractivity contribution >= 4 is 40.1 Å². The molecule has 2 amide bonds. The molecule has 2 aromatic rings. The lowest BCUT2D eigenvalue weighted by Crippen LogP contribution is -2.32. The van der Waals surface area contributed by atoms with Crippen LogP contribution in [0.3, 0.4) is 0 Å². The Balaban J connectivity index is 1.90. The SMILES string of the molecule is Cc1cc(C)cc(C(=O)NCC(=O)Nc2ccc(I)cc2)c1. The van der Waals surface area contributed by atoms with Gasteiger partial charge in [0.05, 0.1) is 6.54 Å². The van der Waals surface area contributed by atoms with Gasteiger partial charge in [0.25, 0.3) is 5.91 Å². The normalized spacial score (nSPS) is 10.1. The van der Waals surface area contributed by atoms with Crippen LogP contribution in [0.15, 0.2) is 42.5 Å². The van der Waals surface area contributed by atoms with Crippen LogP contribution in [0.4, 0.5) is 5.69 Å². The van der Waals surface area contributed by atoms with Gasteiger partial charge in [0.15, 0.2) is 0 Å². The van der Waals surface area contributed by atoms with Crippen molar-refractivity contribution in [3.8, 4) is 0 Å². The van der Waals surface area contributed by atoms with E-state index >= 15 is 0 Å². The Morgan fingerprint density at radius 1 is 1.00 bits per heavy atom. The smallest absolute Gasteiger partial charge is 0.251 e. The van der Waals surface area contributed by atoms with E-state index in [1.807, 2.05) is 44.2 Å².